The Hall–Kier alpha value is -1.26. The van der Waals surface area contributed by atoms with Gasteiger partial charge >= 0.3 is 0 Å². The summed E-state index contributed by atoms with van der Waals surface area (Å²) in [5.41, 5.74) is 0.401. The van der Waals surface area contributed by atoms with Crippen molar-refractivity contribution in [3.63, 3.8) is 0 Å². The molecule has 30 heavy (non-hydrogen) atoms. The first-order valence-electron chi connectivity index (χ1n) is 10.2. The number of anilines is 1. The molecule has 166 valence electrons. The minimum Gasteiger partial charge on any atom is -0.384 e. The number of nitrogens with one attached hydrogen (secondary N) is 3. The van der Waals surface area contributed by atoms with Crippen molar-refractivity contribution in [2.75, 3.05) is 25.0 Å². The topological polar surface area (TPSA) is 83.1 Å². The Bertz CT molecular complexity index is 919. The van der Waals surface area contributed by atoms with Crippen LogP contribution in [0.1, 0.15) is 37.6 Å². The normalized spacial score (nSPS) is 17.9. The Morgan fingerprint density at radius 2 is 2.27 bits per heavy atom. The summed E-state index contributed by atoms with van der Waals surface area (Å²) in [5.74, 6) is -1.15. The molecule has 1 unspecified atom stereocenters. The lowest BCUT2D eigenvalue weighted by Crippen LogP contribution is -2.38. The maximum absolute atomic E-state index is 14.5. The van der Waals surface area contributed by atoms with E-state index >= 15 is 0 Å². The van der Waals surface area contributed by atoms with Crippen molar-refractivity contribution >= 4 is 38.5 Å². The smallest absolute Gasteiger partial charge is 0.187 e. The Morgan fingerprint density at radius 3 is 2.97 bits per heavy atom. The number of halogens is 2. The van der Waals surface area contributed by atoms with Crippen molar-refractivity contribution < 1.29 is 12.8 Å². The van der Waals surface area contributed by atoms with E-state index in [-0.39, 0.29) is 10.8 Å². The molecule has 3 rings (SSSR count). The number of rotatable bonds is 11. The average Bonchev–Trinajstić information content (AvgIpc) is 3.39. The molecule has 1 fully saturated rings. The number of sulfone groups is 1. The molecular formula is C20H28ClFN4O2S2. The van der Waals surface area contributed by atoms with Gasteiger partial charge in [0.25, 0.3) is 0 Å². The molecule has 1 aromatic carbocycles. The summed E-state index contributed by atoms with van der Waals surface area (Å²) in [6.45, 7) is 4.86. The highest BCUT2D eigenvalue weighted by molar-refractivity contribution is 7.90. The standard InChI is InChI=1S/C20H28ClFN4O2S2/c1-14(26-12-15-5-3-6-23-15)4-2-7-24-18-11-17(22)19(10-16(18)21)30(27,28)13-20-25-8-9-29-20/h8-11,14-15,23-24,26H,2-7,12-13H2,1H3/t14?,15-/m0/s1. The van der Waals surface area contributed by atoms with E-state index in [0.29, 0.717) is 29.3 Å². The van der Waals surface area contributed by atoms with Crippen molar-refractivity contribution in [1.29, 1.82) is 0 Å². The van der Waals surface area contributed by atoms with E-state index in [1.165, 1.54) is 36.4 Å². The van der Waals surface area contributed by atoms with Crippen LogP contribution in [-0.4, -0.2) is 45.1 Å². The van der Waals surface area contributed by atoms with Crippen molar-refractivity contribution in [3.8, 4) is 0 Å². The number of hydrogen-bond donors (Lipinski definition) is 3. The van der Waals surface area contributed by atoms with Crippen LogP contribution >= 0.6 is 22.9 Å². The van der Waals surface area contributed by atoms with Gasteiger partial charge in [-0.1, -0.05) is 11.6 Å². The fraction of sp³-hybridized carbons (Fsp3) is 0.550. The second-order valence-corrected chi connectivity index (χ2v) is 11.0. The van der Waals surface area contributed by atoms with E-state index in [0.717, 1.165) is 32.0 Å². The third-order valence-corrected chi connectivity index (χ3v) is 8.07. The summed E-state index contributed by atoms with van der Waals surface area (Å²) in [6, 6.07) is 3.29. The first-order valence-corrected chi connectivity index (χ1v) is 13.1. The van der Waals surface area contributed by atoms with Gasteiger partial charge in [0.05, 0.1) is 10.7 Å². The van der Waals surface area contributed by atoms with Crippen LogP contribution in [0.3, 0.4) is 0 Å². The Balaban J connectivity index is 1.49. The maximum Gasteiger partial charge on any atom is 0.187 e. The predicted molar refractivity (Wildman–Crippen MR) is 121 cm³/mol. The molecule has 0 aliphatic carbocycles. The summed E-state index contributed by atoms with van der Waals surface area (Å²) in [7, 11) is -3.86. The van der Waals surface area contributed by atoms with Gasteiger partial charge in [-0.2, -0.15) is 0 Å². The van der Waals surface area contributed by atoms with Gasteiger partial charge in [-0.05, 0) is 51.3 Å². The van der Waals surface area contributed by atoms with Crippen LogP contribution in [0.5, 0.6) is 0 Å². The minimum absolute atomic E-state index is 0.188. The van der Waals surface area contributed by atoms with Gasteiger partial charge in [-0.25, -0.2) is 17.8 Å². The lowest BCUT2D eigenvalue weighted by molar-refractivity contribution is 0.456. The zero-order chi connectivity index (χ0) is 21.6. The fourth-order valence-corrected chi connectivity index (χ4v) is 6.12. The molecule has 2 aromatic rings. The van der Waals surface area contributed by atoms with Gasteiger partial charge in [-0.15, -0.1) is 11.3 Å². The molecule has 3 N–H and O–H groups in total. The lowest BCUT2D eigenvalue weighted by atomic mass is 10.1. The quantitative estimate of drug-likeness (QED) is 0.429. The highest BCUT2D eigenvalue weighted by Crippen LogP contribution is 2.30. The van der Waals surface area contributed by atoms with Crippen molar-refractivity contribution in [2.45, 2.75) is 55.3 Å². The van der Waals surface area contributed by atoms with Crippen LogP contribution in [0.25, 0.3) is 0 Å². The summed E-state index contributed by atoms with van der Waals surface area (Å²) >= 11 is 7.44. The van der Waals surface area contributed by atoms with E-state index in [2.05, 4.69) is 27.9 Å². The molecule has 0 saturated carbocycles. The van der Waals surface area contributed by atoms with Crippen LogP contribution in [0.15, 0.2) is 28.6 Å². The third kappa shape index (κ3) is 6.62. The largest absolute Gasteiger partial charge is 0.384 e. The molecule has 1 saturated heterocycles. The predicted octanol–water partition coefficient (Wildman–Crippen LogP) is 3.83. The first-order chi connectivity index (χ1) is 14.3. The summed E-state index contributed by atoms with van der Waals surface area (Å²) in [6.07, 6.45) is 5.84. The van der Waals surface area contributed by atoms with Crippen LogP contribution in [0.4, 0.5) is 10.1 Å². The number of nitrogens with zero attached hydrogens (tertiary/aromatic N) is 1. The molecule has 0 bridgehead atoms. The molecule has 1 aliphatic rings. The number of thiazole rings is 1. The minimum atomic E-state index is -3.86. The summed E-state index contributed by atoms with van der Waals surface area (Å²) in [5, 5.41) is 12.4. The van der Waals surface area contributed by atoms with E-state index in [9.17, 15) is 12.8 Å². The third-order valence-electron chi connectivity index (χ3n) is 5.16. The number of hydrogen-bond acceptors (Lipinski definition) is 7. The van der Waals surface area contributed by atoms with Crippen molar-refractivity contribution in [2.24, 2.45) is 0 Å². The second-order valence-electron chi connectivity index (χ2n) is 7.62. The van der Waals surface area contributed by atoms with Gasteiger partial charge in [0.15, 0.2) is 9.84 Å². The van der Waals surface area contributed by atoms with Crippen LogP contribution in [-0.2, 0) is 15.6 Å². The van der Waals surface area contributed by atoms with E-state index in [1.54, 1.807) is 5.38 Å². The monoisotopic (exact) mass is 474 g/mol. The molecule has 10 heteroatoms. The lowest BCUT2D eigenvalue weighted by Gasteiger charge is -2.18. The molecule has 0 spiro atoms. The summed E-state index contributed by atoms with van der Waals surface area (Å²) in [4.78, 5) is 3.56. The van der Waals surface area contributed by atoms with Gasteiger partial charge < -0.3 is 16.0 Å². The maximum atomic E-state index is 14.5. The zero-order valence-electron chi connectivity index (χ0n) is 17.0. The highest BCUT2D eigenvalue weighted by Gasteiger charge is 2.23. The van der Waals surface area contributed by atoms with Crippen LogP contribution < -0.4 is 16.0 Å². The van der Waals surface area contributed by atoms with Gasteiger partial charge in [0.2, 0.25) is 0 Å². The summed E-state index contributed by atoms with van der Waals surface area (Å²) < 4.78 is 39.6. The average molecular weight is 475 g/mol. The zero-order valence-corrected chi connectivity index (χ0v) is 19.3. The van der Waals surface area contributed by atoms with E-state index in [1.807, 2.05) is 0 Å². The first kappa shape index (κ1) is 23.4. The number of benzene rings is 1. The second kappa shape index (κ2) is 10.9. The molecule has 1 aromatic heterocycles. The van der Waals surface area contributed by atoms with Crippen molar-refractivity contribution in [3.05, 3.63) is 39.6 Å². The molecule has 2 atom stereocenters. The molecule has 2 heterocycles. The number of aromatic nitrogens is 1. The van der Waals surface area contributed by atoms with Gasteiger partial charge in [-0.3, -0.25) is 0 Å². The Labute approximate surface area is 186 Å². The molecule has 0 radical (unpaired) electrons. The molecule has 0 amide bonds. The van der Waals surface area contributed by atoms with E-state index < -0.39 is 20.5 Å². The highest BCUT2D eigenvalue weighted by atomic mass is 35.5. The van der Waals surface area contributed by atoms with Gasteiger partial charge in [0.1, 0.15) is 21.5 Å². The van der Waals surface area contributed by atoms with Crippen molar-refractivity contribution in [1.82, 2.24) is 15.6 Å². The Kier molecular flexibility index (Phi) is 8.47. The van der Waals surface area contributed by atoms with E-state index in [4.69, 9.17) is 11.6 Å². The Morgan fingerprint density at radius 1 is 1.43 bits per heavy atom. The molecule has 6 nitrogen and oxygen atoms in total. The molecular weight excluding hydrogens is 447 g/mol. The SMILES string of the molecule is CC(CCCNc1cc(F)c(S(=O)(=O)Cc2nccs2)cc1Cl)NC[C@@H]1CCCN1. The van der Waals surface area contributed by atoms with Crippen LogP contribution in [0, 0.1) is 5.82 Å². The van der Waals surface area contributed by atoms with Crippen LogP contribution in [0.2, 0.25) is 5.02 Å². The van der Waals surface area contributed by atoms with Gasteiger partial charge in [0, 0.05) is 36.8 Å². The fourth-order valence-electron chi connectivity index (χ4n) is 3.47. The molecule has 1 aliphatic heterocycles.